The van der Waals surface area contributed by atoms with Gasteiger partial charge in [-0.15, -0.1) is 0 Å². The van der Waals surface area contributed by atoms with Crippen molar-refractivity contribution in [2.75, 3.05) is 18.5 Å². The molecule has 0 aliphatic carbocycles. The number of hydrogen-bond acceptors (Lipinski definition) is 5. The molecule has 7 nitrogen and oxygen atoms in total. The minimum Gasteiger partial charge on any atom is -0.479 e. The molecule has 0 spiro atoms. The van der Waals surface area contributed by atoms with E-state index >= 15 is 0 Å². The van der Waals surface area contributed by atoms with Crippen molar-refractivity contribution < 1.29 is 24.2 Å². The van der Waals surface area contributed by atoms with E-state index < -0.39 is 18.3 Å². The van der Waals surface area contributed by atoms with Crippen molar-refractivity contribution in [3.8, 4) is 0 Å². The number of aliphatic carboxylic acids is 1. The largest absolute Gasteiger partial charge is 0.479 e. The summed E-state index contributed by atoms with van der Waals surface area (Å²) in [7, 11) is 1.63. The Bertz CT molecular complexity index is 798. The number of benzene rings is 2. The maximum atomic E-state index is 12.1. The van der Waals surface area contributed by atoms with Gasteiger partial charge in [-0.3, -0.25) is 9.59 Å². The van der Waals surface area contributed by atoms with E-state index in [1.807, 2.05) is 6.07 Å². The van der Waals surface area contributed by atoms with Crippen LogP contribution in [0.1, 0.15) is 16.8 Å². The van der Waals surface area contributed by atoms with E-state index in [0.717, 1.165) is 0 Å². The number of nitrogens with one attached hydrogen (secondary N) is 1. The van der Waals surface area contributed by atoms with Crippen molar-refractivity contribution in [1.82, 2.24) is 5.32 Å². The van der Waals surface area contributed by atoms with E-state index in [1.54, 1.807) is 55.6 Å². The van der Waals surface area contributed by atoms with Crippen molar-refractivity contribution >= 4 is 35.5 Å². The first-order chi connectivity index (χ1) is 13.4. The molecule has 0 radical (unpaired) electrons. The molecule has 0 fully saturated rings. The van der Waals surface area contributed by atoms with Crippen LogP contribution in [0.25, 0.3) is 0 Å². The highest BCUT2D eigenvalue weighted by molar-refractivity contribution is 6.30. The van der Waals surface area contributed by atoms with Crippen LogP contribution < -0.4 is 10.2 Å². The van der Waals surface area contributed by atoms with Gasteiger partial charge in [0.05, 0.1) is 0 Å². The molecule has 1 amide bonds. The Hall–Kier alpha value is -2.90. The van der Waals surface area contributed by atoms with Crippen LogP contribution in [0.5, 0.6) is 0 Å². The second-order valence-electron chi connectivity index (χ2n) is 5.99. The summed E-state index contributed by atoms with van der Waals surface area (Å²) in [6, 6.07) is 15.3. The fourth-order valence-corrected chi connectivity index (χ4v) is 2.59. The number of likely N-dealkylation sites (N-methyl/N-ethyl adjacent to an activating group) is 1. The summed E-state index contributed by atoms with van der Waals surface area (Å²) in [5.41, 5.74) is 1.12. The molecule has 0 bridgehead atoms. The first-order valence-electron chi connectivity index (χ1n) is 8.57. The van der Waals surface area contributed by atoms with E-state index in [1.165, 1.54) is 4.90 Å². The van der Waals surface area contributed by atoms with E-state index in [-0.39, 0.29) is 18.9 Å². The smallest absolute Gasteiger partial charge is 0.333 e. The molecule has 2 aromatic rings. The average molecular weight is 405 g/mol. The highest BCUT2D eigenvalue weighted by atomic mass is 35.5. The first kappa shape index (κ1) is 21.4. The molecule has 0 aliphatic rings. The minimum absolute atomic E-state index is 0.00162. The van der Waals surface area contributed by atoms with Gasteiger partial charge < -0.3 is 20.1 Å². The molecular weight excluding hydrogens is 384 g/mol. The van der Waals surface area contributed by atoms with E-state index in [2.05, 4.69) is 5.32 Å². The van der Waals surface area contributed by atoms with Crippen LogP contribution in [0.3, 0.4) is 0 Å². The lowest BCUT2D eigenvalue weighted by Gasteiger charge is -2.28. The molecule has 2 N–H and O–H groups in total. The van der Waals surface area contributed by atoms with Crippen molar-refractivity contribution in [3.05, 3.63) is 65.2 Å². The van der Waals surface area contributed by atoms with Gasteiger partial charge in [0.2, 0.25) is 0 Å². The molecule has 2 unspecified atom stereocenters. The molecule has 0 saturated carbocycles. The van der Waals surface area contributed by atoms with Crippen LogP contribution in [0, 0.1) is 0 Å². The standard InChI is InChI=1S/C20H21ClN2O5/c1-23(16-5-3-2-4-6-16)18(13-24)28-17(20(26)27)11-12-22-19(25)14-7-9-15(21)10-8-14/h2-10,13,17-18H,11-12H2,1H3,(H,22,25)(H,26,27). The zero-order valence-corrected chi connectivity index (χ0v) is 16.0. The number of anilines is 1. The average Bonchev–Trinajstić information content (AvgIpc) is 2.71. The highest BCUT2D eigenvalue weighted by Gasteiger charge is 2.25. The van der Waals surface area contributed by atoms with Gasteiger partial charge in [-0.25, -0.2) is 4.79 Å². The van der Waals surface area contributed by atoms with E-state index in [4.69, 9.17) is 16.3 Å². The van der Waals surface area contributed by atoms with Gasteiger partial charge in [0.25, 0.3) is 5.91 Å². The van der Waals surface area contributed by atoms with Crippen LogP contribution >= 0.6 is 11.6 Å². The molecule has 148 valence electrons. The summed E-state index contributed by atoms with van der Waals surface area (Å²) in [5, 5.41) is 12.5. The van der Waals surface area contributed by atoms with Crippen LogP contribution in [0.15, 0.2) is 54.6 Å². The zero-order valence-electron chi connectivity index (χ0n) is 15.2. The summed E-state index contributed by atoms with van der Waals surface area (Å²) in [5.74, 6) is -1.57. The molecule has 28 heavy (non-hydrogen) atoms. The second kappa shape index (κ2) is 10.4. The van der Waals surface area contributed by atoms with E-state index in [0.29, 0.717) is 22.6 Å². The molecule has 2 rings (SSSR count). The SMILES string of the molecule is CN(c1ccccc1)C(C=O)OC(CCNC(=O)c1ccc(Cl)cc1)C(=O)O. The lowest BCUT2D eigenvalue weighted by molar-refractivity contribution is -0.155. The van der Waals surface area contributed by atoms with Crippen molar-refractivity contribution in [3.63, 3.8) is 0 Å². The van der Waals surface area contributed by atoms with Gasteiger partial charge in [-0.2, -0.15) is 0 Å². The third-order valence-electron chi connectivity index (χ3n) is 4.04. The molecule has 2 atom stereocenters. The number of carbonyl (C=O) groups is 3. The Labute approximate surface area is 167 Å². The number of carboxylic acids is 1. The lowest BCUT2D eigenvalue weighted by Crippen LogP contribution is -2.42. The predicted octanol–water partition coefficient (Wildman–Crippen LogP) is 2.59. The van der Waals surface area contributed by atoms with Gasteiger partial charge in [0, 0.05) is 36.3 Å². The van der Waals surface area contributed by atoms with Gasteiger partial charge >= 0.3 is 5.97 Å². The summed E-state index contributed by atoms with van der Waals surface area (Å²) in [6.45, 7) is 0.0685. The predicted molar refractivity (Wildman–Crippen MR) is 106 cm³/mol. The van der Waals surface area contributed by atoms with Gasteiger partial charge in [-0.1, -0.05) is 29.8 Å². The Kier molecular flexibility index (Phi) is 7.98. The number of nitrogens with zero attached hydrogens (tertiary/aromatic N) is 1. The number of halogens is 1. The molecular formula is C20H21ClN2O5. The number of rotatable bonds is 10. The fourth-order valence-electron chi connectivity index (χ4n) is 2.46. The second-order valence-corrected chi connectivity index (χ2v) is 6.42. The van der Waals surface area contributed by atoms with E-state index in [9.17, 15) is 19.5 Å². The monoisotopic (exact) mass is 404 g/mol. The number of carboxylic acid groups (broad SMARTS) is 1. The third kappa shape index (κ3) is 6.07. The first-order valence-corrected chi connectivity index (χ1v) is 8.95. The number of ether oxygens (including phenoxy) is 1. The number of carbonyl (C=O) groups excluding carboxylic acids is 2. The summed E-state index contributed by atoms with van der Waals surface area (Å²) in [6.07, 6.45) is -1.79. The van der Waals surface area contributed by atoms with Crippen LogP contribution in [0.2, 0.25) is 5.02 Å². The topological polar surface area (TPSA) is 95.9 Å². The fraction of sp³-hybridized carbons (Fsp3) is 0.250. The summed E-state index contributed by atoms with van der Waals surface area (Å²) < 4.78 is 5.47. The Morgan fingerprint density at radius 2 is 1.82 bits per heavy atom. The zero-order chi connectivity index (χ0) is 20.5. The van der Waals surface area contributed by atoms with Crippen LogP contribution in [-0.4, -0.2) is 49.2 Å². The third-order valence-corrected chi connectivity index (χ3v) is 4.29. The quantitative estimate of drug-likeness (QED) is 0.466. The van der Waals surface area contributed by atoms with Crippen molar-refractivity contribution in [2.45, 2.75) is 18.8 Å². The van der Waals surface area contributed by atoms with Crippen LogP contribution in [-0.2, 0) is 14.3 Å². The summed E-state index contributed by atoms with van der Waals surface area (Å²) in [4.78, 5) is 36.5. The molecule has 0 heterocycles. The minimum atomic E-state index is -1.26. The number of aldehydes is 1. The molecule has 0 aromatic heterocycles. The number of para-hydroxylation sites is 1. The van der Waals surface area contributed by atoms with Gasteiger partial charge in [-0.05, 0) is 36.4 Å². The molecule has 0 saturated heterocycles. The Morgan fingerprint density at radius 3 is 2.39 bits per heavy atom. The van der Waals surface area contributed by atoms with Gasteiger partial charge in [0.15, 0.2) is 18.6 Å². The molecule has 2 aromatic carbocycles. The number of amides is 1. The Balaban J connectivity index is 1.93. The van der Waals surface area contributed by atoms with Crippen LogP contribution in [0.4, 0.5) is 5.69 Å². The normalized spacial score (nSPS) is 12.6. The molecule has 8 heteroatoms. The van der Waals surface area contributed by atoms with Gasteiger partial charge in [0.1, 0.15) is 0 Å². The lowest BCUT2D eigenvalue weighted by atomic mass is 10.2. The highest BCUT2D eigenvalue weighted by Crippen LogP contribution is 2.16. The molecule has 0 aliphatic heterocycles. The van der Waals surface area contributed by atoms with Crippen molar-refractivity contribution in [1.29, 1.82) is 0 Å². The van der Waals surface area contributed by atoms with Crippen molar-refractivity contribution in [2.24, 2.45) is 0 Å². The number of hydrogen-bond donors (Lipinski definition) is 2. The Morgan fingerprint density at radius 1 is 1.18 bits per heavy atom. The maximum Gasteiger partial charge on any atom is 0.333 e. The maximum absolute atomic E-state index is 12.1. The summed E-state index contributed by atoms with van der Waals surface area (Å²) >= 11 is 5.78.